The van der Waals surface area contributed by atoms with Gasteiger partial charge in [0.05, 0.1) is 18.7 Å². The number of hydrazone groups is 1. The third kappa shape index (κ3) is 5.98. The second-order valence-electron chi connectivity index (χ2n) is 5.45. The Kier molecular flexibility index (Phi) is 6.82. The van der Waals surface area contributed by atoms with E-state index in [1.807, 2.05) is 38.1 Å². The summed E-state index contributed by atoms with van der Waals surface area (Å²) in [5.41, 5.74) is 4.14. The number of rotatable bonds is 6. The molecule has 0 saturated carbocycles. The number of carbonyl (C=O) groups is 1. The molecule has 126 valence electrons. The lowest BCUT2D eigenvalue weighted by atomic mass is 10.1. The number of hydrogen-bond acceptors (Lipinski definition) is 3. The van der Waals surface area contributed by atoms with Crippen molar-refractivity contribution < 1.29 is 9.53 Å². The Morgan fingerprint density at radius 1 is 1.29 bits per heavy atom. The summed E-state index contributed by atoms with van der Waals surface area (Å²) < 4.78 is 6.67. The van der Waals surface area contributed by atoms with Crippen LogP contribution in [0.15, 0.2) is 52.0 Å². The zero-order valence-electron chi connectivity index (χ0n) is 13.4. The fourth-order valence-electron chi connectivity index (χ4n) is 1.98. The van der Waals surface area contributed by atoms with E-state index in [1.165, 1.54) is 6.21 Å². The normalized spacial score (nSPS) is 11.0. The van der Waals surface area contributed by atoms with Crippen molar-refractivity contribution in [1.82, 2.24) is 5.43 Å². The molecule has 0 aliphatic rings. The lowest BCUT2D eigenvalue weighted by Gasteiger charge is -2.12. The molecule has 0 radical (unpaired) electrons. The predicted molar refractivity (Wildman–Crippen MR) is 101 cm³/mol. The van der Waals surface area contributed by atoms with Gasteiger partial charge in [-0.3, -0.25) is 4.79 Å². The Morgan fingerprint density at radius 2 is 2.00 bits per heavy atom. The number of hydrogen-bond donors (Lipinski definition) is 1. The Balaban J connectivity index is 1.99. The molecular formula is C18H18BrClN2O2. The molecule has 0 bridgehead atoms. The number of benzene rings is 2. The fourth-order valence-corrected chi connectivity index (χ4v) is 2.43. The molecule has 2 aromatic rings. The summed E-state index contributed by atoms with van der Waals surface area (Å²) >= 11 is 9.37. The summed E-state index contributed by atoms with van der Waals surface area (Å²) in [4.78, 5) is 11.9. The van der Waals surface area contributed by atoms with Crippen molar-refractivity contribution in [1.29, 1.82) is 0 Å². The van der Waals surface area contributed by atoms with Gasteiger partial charge in [-0.05, 0) is 49.7 Å². The van der Waals surface area contributed by atoms with E-state index in [9.17, 15) is 4.79 Å². The predicted octanol–water partition coefficient (Wildman–Crippen LogP) is 4.58. The minimum absolute atomic E-state index is 0.0327. The molecule has 0 unspecified atom stereocenters. The topological polar surface area (TPSA) is 50.7 Å². The molecule has 6 heteroatoms. The van der Waals surface area contributed by atoms with Crippen LogP contribution in [0, 0.1) is 0 Å². The molecule has 0 aliphatic heterocycles. The van der Waals surface area contributed by atoms with Crippen molar-refractivity contribution >= 4 is 39.7 Å². The number of carbonyl (C=O) groups excluding carboxylic acids is 1. The maximum atomic E-state index is 11.9. The van der Waals surface area contributed by atoms with Crippen molar-refractivity contribution in [3.63, 3.8) is 0 Å². The molecular weight excluding hydrogens is 392 g/mol. The number of amides is 1. The highest BCUT2D eigenvalue weighted by Crippen LogP contribution is 2.22. The Labute approximate surface area is 155 Å². The van der Waals surface area contributed by atoms with Crippen molar-refractivity contribution in [2.24, 2.45) is 5.10 Å². The van der Waals surface area contributed by atoms with Crippen molar-refractivity contribution in [2.45, 2.75) is 26.4 Å². The van der Waals surface area contributed by atoms with Gasteiger partial charge in [-0.1, -0.05) is 39.7 Å². The second kappa shape index (κ2) is 8.85. The molecule has 1 amide bonds. The van der Waals surface area contributed by atoms with Crippen molar-refractivity contribution in [2.75, 3.05) is 0 Å². The van der Waals surface area contributed by atoms with E-state index >= 15 is 0 Å². The van der Waals surface area contributed by atoms with Crippen LogP contribution in [-0.4, -0.2) is 18.2 Å². The van der Waals surface area contributed by atoms with Gasteiger partial charge in [-0.15, -0.1) is 0 Å². The third-order valence-corrected chi connectivity index (χ3v) is 3.77. The summed E-state index contributed by atoms with van der Waals surface area (Å²) in [5.74, 6) is 0.474. The van der Waals surface area contributed by atoms with Gasteiger partial charge in [0, 0.05) is 15.1 Å². The van der Waals surface area contributed by atoms with Crippen LogP contribution in [-0.2, 0) is 11.2 Å². The minimum Gasteiger partial charge on any atom is -0.490 e. The summed E-state index contributed by atoms with van der Waals surface area (Å²) in [6.45, 7) is 3.88. The average Bonchev–Trinajstić information content (AvgIpc) is 2.52. The van der Waals surface area contributed by atoms with E-state index in [-0.39, 0.29) is 18.4 Å². The van der Waals surface area contributed by atoms with Gasteiger partial charge in [0.25, 0.3) is 0 Å². The van der Waals surface area contributed by atoms with Gasteiger partial charge in [0.1, 0.15) is 5.75 Å². The standard InChI is InChI=1S/C18H18BrClN2O2/c1-12(2)24-17-8-7-16(20)10-14(17)11-21-22-18(23)9-13-3-5-15(19)6-4-13/h3-8,10-12H,9H2,1-2H3,(H,22,23)/b21-11+. The van der Waals surface area contributed by atoms with E-state index in [1.54, 1.807) is 18.2 Å². The smallest absolute Gasteiger partial charge is 0.244 e. The molecule has 0 fully saturated rings. The summed E-state index contributed by atoms with van der Waals surface area (Å²) in [7, 11) is 0. The molecule has 24 heavy (non-hydrogen) atoms. The Morgan fingerprint density at radius 3 is 2.67 bits per heavy atom. The lowest BCUT2D eigenvalue weighted by Crippen LogP contribution is -2.19. The molecule has 0 saturated heterocycles. The second-order valence-corrected chi connectivity index (χ2v) is 6.80. The first kappa shape index (κ1) is 18.5. The molecule has 2 rings (SSSR count). The zero-order valence-corrected chi connectivity index (χ0v) is 15.8. The SMILES string of the molecule is CC(C)Oc1ccc(Cl)cc1/C=N/NC(=O)Cc1ccc(Br)cc1. The summed E-state index contributed by atoms with van der Waals surface area (Å²) in [6, 6.07) is 12.8. The van der Waals surface area contributed by atoms with Crippen LogP contribution in [0.4, 0.5) is 0 Å². The van der Waals surface area contributed by atoms with Gasteiger partial charge in [-0.2, -0.15) is 5.10 Å². The molecule has 4 nitrogen and oxygen atoms in total. The maximum absolute atomic E-state index is 11.9. The van der Waals surface area contributed by atoms with Crippen LogP contribution in [0.25, 0.3) is 0 Å². The van der Waals surface area contributed by atoms with Crippen molar-refractivity contribution in [3.8, 4) is 5.75 Å². The van der Waals surface area contributed by atoms with Gasteiger partial charge in [0.2, 0.25) is 5.91 Å². The molecule has 0 atom stereocenters. The molecule has 0 aromatic heterocycles. The van der Waals surface area contributed by atoms with Crippen molar-refractivity contribution in [3.05, 3.63) is 63.1 Å². The highest BCUT2D eigenvalue weighted by molar-refractivity contribution is 9.10. The first-order chi connectivity index (χ1) is 11.4. The number of nitrogens with one attached hydrogen (secondary N) is 1. The van der Waals surface area contributed by atoms with E-state index in [4.69, 9.17) is 16.3 Å². The highest BCUT2D eigenvalue weighted by atomic mass is 79.9. The third-order valence-electron chi connectivity index (χ3n) is 3.01. The van der Waals surface area contributed by atoms with Crippen LogP contribution < -0.4 is 10.2 Å². The number of ether oxygens (including phenoxy) is 1. The van der Waals surface area contributed by atoms with Crippen LogP contribution >= 0.6 is 27.5 Å². The van der Waals surface area contributed by atoms with E-state index < -0.39 is 0 Å². The molecule has 0 aliphatic carbocycles. The average molecular weight is 410 g/mol. The molecule has 0 heterocycles. The van der Waals surface area contributed by atoms with Gasteiger partial charge < -0.3 is 4.74 Å². The number of nitrogens with zero attached hydrogens (tertiary/aromatic N) is 1. The molecule has 0 spiro atoms. The van der Waals surface area contributed by atoms with Gasteiger partial charge >= 0.3 is 0 Å². The van der Waals surface area contributed by atoms with Gasteiger partial charge in [0.15, 0.2) is 0 Å². The molecule has 1 N–H and O–H groups in total. The van der Waals surface area contributed by atoms with Gasteiger partial charge in [-0.25, -0.2) is 5.43 Å². The quantitative estimate of drug-likeness (QED) is 0.561. The number of halogens is 2. The van der Waals surface area contributed by atoms with Crippen LogP contribution in [0.3, 0.4) is 0 Å². The summed E-state index contributed by atoms with van der Waals surface area (Å²) in [6.07, 6.45) is 1.82. The Hall–Kier alpha value is -1.85. The van der Waals surface area contributed by atoms with E-state index in [0.717, 1.165) is 10.0 Å². The van der Waals surface area contributed by atoms with Crippen LogP contribution in [0.2, 0.25) is 5.02 Å². The summed E-state index contributed by atoms with van der Waals surface area (Å²) in [5, 5.41) is 4.57. The van der Waals surface area contributed by atoms with E-state index in [0.29, 0.717) is 16.3 Å². The first-order valence-corrected chi connectivity index (χ1v) is 8.63. The fraction of sp³-hybridized carbons (Fsp3) is 0.222. The van der Waals surface area contributed by atoms with Crippen LogP contribution in [0.1, 0.15) is 25.0 Å². The zero-order chi connectivity index (χ0) is 17.5. The Bertz CT molecular complexity index is 730. The minimum atomic E-state index is -0.193. The monoisotopic (exact) mass is 408 g/mol. The van der Waals surface area contributed by atoms with Crippen LogP contribution in [0.5, 0.6) is 5.75 Å². The first-order valence-electron chi connectivity index (χ1n) is 7.46. The lowest BCUT2D eigenvalue weighted by molar-refractivity contribution is -0.120. The van der Waals surface area contributed by atoms with E-state index in [2.05, 4.69) is 26.5 Å². The largest absolute Gasteiger partial charge is 0.490 e. The highest BCUT2D eigenvalue weighted by Gasteiger charge is 2.06. The maximum Gasteiger partial charge on any atom is 0.244 e. The molecule has 2 aromatic carbocycles.